The van der Waals surface area contributed by atoms with Gasteiger partial charge in [0.25, 0.3) is 0 Å². The molecule has 1 heterocycles. The third-order valence-corrected chi connectivity index (χ3v) is 8.11. The molecule has 3 atom stereocenters. The minimum atomic E-state index is -0.265. The highest BCUT2D eigenvalue weighted by Crippen LogP contribution is 2.62. The van der Waals surface area contributed by atoms with E-state index in [4.69, 9.17) is 0 Å². The Labute approximate surface area is 184 Å². The Kier molecular flexibility index (Phi) is 5.26. The summed E-state index contributed by atoms with van der Waals surface area (Å²) >= 11 is 0. The number of amides is 2. The van der Waals surface area contributed by atoms with Gasteiger partial charge < -0.3 is 15.5 Å². The van der Waals surface area contributed by atoms with Crippen molar-refractivity contribution in [3.05, 3.63) is 30.3 Å². The van der Waals surface area contributed by atoms with Crippen LogP contribution < -0.4 is 10.6 Å². The van der Waals surface area contributed by atoms with E-state index in [2.05, 4.69) is 16.7 Å². The molecule has 6 heteroatoms. The first-order chi connectivity index (χ1) is 15.0. The van der Waals surface area contributed by atoms with Crippen molar-refractivity contribution in [3.8, 4) is 6.07 Å². The molecular formula is C25H32N4O2. The standard InChI is InChI=1S/C25H32N4O2/c26-15-21-7-4-8-29(21)23(31)16-27-25-12-18-9-19(13-25)11-24(10-18,17-25)14-22(30)28-20-5-2-1-3-6-20/h1-3,5-6,18-19,21,27H,4,7-14,16-17H2,(H,28,30)/t18?,19?,21-,24?,25?/m0/s1. The van der Waals surface area contributed by atoms with Gasteiger partial charge in [0.05, 0.1) is 12.6 Å². The van der Waals surface area contributed by atoms with E-state index in [-0.39, 0.29) is 28.8 Å². The molecule has 4 aliphatic carbocycles. The highest BCUT2D eigenvalue weighted by molar-refractivity contribution is 5.91. The average Bonchev–Trinajstić information content (AvgIpc) is 3.20. The van der Waals surface area contributed by atoms with Gasteiger partial charge >= 0.3 is 0 Å². The Balaban J connectivity index is 1.25. The van der Waals surface area contributed by atoms with Gasteiger partial charge in [0.1, 0.15) is 6.04 Å². The van der Waals surface area contributed by atoms with Crippen molar-refractivity contribution in [2.24, 2.45) is 17.3 Å². The lowest BCUT2D eigenvalue weighted by Gasteiger charge is -2.62. The molecule has 1 aromatic rings. The lowest BCUT2D eigenvalue weighted by molar-refractivity contribution is -0.135. The van der Waals surface area contributed by atoms with Gasteiger partial charge in [0, 0.05) is 24.2 Å². The van der Waals surface area contributed by atoms with E-state index in [0.717, 1.165) is 50.6 Å². The molecule has 1 saturated heterocycles. The fourth-order valence-corrected chi connectivity index (χ4v) is 7.50. The lowest BCUT2D eigenvalue weighted by atomic mass is 9.46. The minimum absolute atomic E-state index is 0.0331. The van der Waals surface area contributed by atoms with Crippen LogP contribution in [0.25, 0.3) is 0 Å². The predicted octanol–water partition coefficient (Wildman–Crippen LogP) is 3.46. The first-order valence-corrected chi connectivity index (χ1v) is 11.8. The zero-order valence-corrected chi connectivity index (χ0v) is 18.1. The van der Waals surface area contributed by atoms with Crippen LogP contribution in [0.4, 0.5) is 5.69 Å². The van der Waals surface area contributed by atoms with Crippen LogP contribution in [0.1, 0.15) is 57.8 Å². The third kappa shape index (κ3) is 4.08. The van der Waals surface area contributed by atoms with Crippen LogP contribution in [0.2, 0.25) is 0 Å². The molecule has 0 spiro atoms. The van der Waals surface area contributed by atoms with Crippen LogP contribution in [0.3, 0.4) is 0 Å². The van der Waals surface area contributed by atoms with E-state index >= 15 is 0 Å². The summed E-state index contributed by atoms with van der Waals surface area (Å²) in [6.07, 6.45) is 9.00. The second-order valence-corrected chi connectivity index (χ2v) is 10.6. The van der Waals surface area contributed by atoms with Crippen LogP contribution in [0, 0.1) is 28.6 Å². The second kappa shape index (κ2) is 7.94. The van der Waals surface area contributed by atoms with E-state index in [1.165, 1.54) is 6.42 Å². The topological polar surface area (TPSA) is 85.2 Å². The summed E-state index contributed by atoms with van der Waals surface area (Å²) in [6.45, 7) is 1.00. The molecular weight excluding hydrogens is 388 g/mol. The Morgan fingerprint density at radius 2 is 1.87 bits per heavy atom. The van der Waals surface area contributed by atoms with E-state index < -0.39 is 0 Å². The normalized spacial score (nSPS) is 35.7. The number of para-hydroxylation sites is 1. The lowest BCUT2D eigenvalue weighted by Crippen LogP contribution is -2.63. The quantitative estimate of drug-likeness (QED) is 0.738. The zero-order chi connectivity index (χ0) is 21.5. The molecule has 6 nitrogen and oxygen atoms in total. The number of rotatable bonds is 6. The molecule has 0 aromatic heterocycles. The number of benzene rings is 1. The molecule has 5 fully saturated rings. The monoisotopic (exact) mass is 420 g/mol. The highest BCUT2D eigenvalue weighted by Gasteiger charge is 2.58. The smallest absolute Gasteiger partial charge is 0.237 e. The fourth-order valence-electron chi connectivity index (χ4n) is 7.50. The van der Waals surface area contributed by atoms with Crippen LogP contribution >= 0.6 is 0 Å². The second-order valence-electron chi connectivity index (χ2n) is 10.6. The maximum atomic E-state index is 12.9. The summed E-state index contributed by atoms with van der Waals surface area (Å²) in [5.74, 6) is 1.45. The number of nitrogens with one attached hydrogen (secondary N) is 2. The number of carbonyl (C=O) groups is 2. The number of hydrogen-bond donors (Lipinski definition) is 2. The van der Waals surface area contributed by atoms with Crippen LogP contribution in [-0.4, -0.2) is 41.4 Å². The molecule has 1 aromatic carbocycles. The number of nitrogens with zero attached hydrogens (tertiary/aromatic N) is 2. The first-order valence-electron chi connectivity index (χ1n) is 11.8. The summed E-state index contributed by atoms with van der Waals surface area (Å²) in [5.41, 5.74) is 0.865. The van der Waals surface area contributed by atoms with Gasteiger partial charge in [-0.1, -0.05) is 18.2 Å². The molecule has 4 saturated carbocycles. The van der Waals surface area contributed by atoms with E-state index in [1.807, 2.05) is 30.3 Å². The Morgan fingerprint density at radius 1 is 1.13 bits per heavy atom. The van der Waals surface area contributed by atoms with Gasteiger partial charge in [-0.2, -0.15) is 5.26 Å². The SMILES string of the molecule is N#C[C@@H]1CCCN1C(=O)CNC12CC3CC(CC(CC(=O)Nc4ccccc4)(C3)C1)C2. The van der Waals surface area contributed by atoms with Crippen molar-refractivity contribution < 1.29 is 9.59 Å². The Bertz CT molecular complexity index is 879. The van der Waals surface area contributed by atoms with Gasteiger partial charge in [-0.3, -0.25) is 9.59 Å². The van der Waals surface area contributed by atoms with Gasteiger partial charge in [-0.25, -0.2) is 0 Å². The van der Waals surface area contributed by atoms with Crippen molar-refractivity contribution in [1.29, 1.82) is 5.26 Å². The van der Waals surface area contributed by atoms with E-state index in [0.29, 0.717) is 31.3 Å². The minimum Gasteiger partial charge on any atom is -0.326 e. The molecule has 164 valence electrons. The van der Waals surface area contributed by atoms with Gasteiger partial charge in [-0.15, -0.1) is 0 Å². The highest BCUT2D eigenvalue weighted by atomic mass is 16.2. The number of hydrogen-bond acceptors (Lipinski definition) is 4. The summed E-state index contributed by atoms with van der Waals surface area (Å²) in [6, 6.07) is 11.7. The number of anilines is 1. The molecule has 0 radical (unpaired) electrons. The summed E-state index contributed by atoms with van der Waals surface area (Å²) in [5, 5.41) is 16.0. The number of likely N-dealkylation sites (tertiary alicyclic amines) is 1. The maximum Gasteiger partial charge on any atom is 0.237 e. The van der Waals surface area contributed by atoms with Gasteiger partial charge in [-0.05, 0) is 80.8 Å². The summed E-state index contributed by atoms with van der Waals surface area (Å²) in [4.78, 5) is 27.5. The molecule has 4 bridgehead atoms. The summed E-state index contributed by atoms with van der Waals surface area (Å²) in [7, 11) is 0. The van der Waals surface area contributed by atoms with Crippen molar-refractivity contribution in [1.82, 2.24) is 10.2 Å². The molecule has 2 unspecified atom stereocenters. The van der Waals surface area contributed by atoms with Crippen molar-refractivity contribution in [3.63, 3.8) is 0 Å². The molecule has 6 rings (SSSR count). The van der Waals surface area contributed by atoms with Crippen molar-refractivity contribution in [2.75, 3.05) is 18.4 Å². The number of nitriles is 1. The first kappa shape index (κ1) is 20.5. The zero-order valence-electron chi connectivity index (χ0n) is 18.1. The van der Waals surface area contributed by atoms with Gasteiger partial charge in [0.2, 0.25) is 11.8 Å². The van der Waals surface area contributed by atoms with Crippen molar-refractivity contribution in [2.45, 2.75) is 69.4 Å². The van der Waals surface area contributed by atoms with E-state index in [9.17, 15) is 14.9 Å². The van der Waals surface area contributed by atoms with Gasteiger partial charge in [0.15, 0.2) is 0 Å². The van der Waals surface area contributed by atoms with Crippen LogP contribution in [0.15, 0.2) is 30.3 Å². The average molecular weight is 421 g/mol. The molecule has 2 N–H and O–H groups in total. The van der Waals surface area contributed by atoms with E-state index in [1.54, 1.807) is 4.90 Å². The van der Waals surface area contributed by atoms with Crippen molar-refractivity contribution >= 4 is 17.5 Å². The maximum absolute atomic E-state index is 12.9. The predicted molar refractivity (Wildman–Crippen MR) is 118 cm³/mol. The van der Waals surface area contributed by atoms with Crippen LogP contribution in [-0.2, 0) is 9.59 Å². The van der Waals surface area contributed by atoms with Crippen LogP contribution in [0.5, 0.6) is 0 Å². The largest absolute Gasteiger partial charge is 0.326 e. The summed E-state index contributed by atoms with van der Waals surface area (Å²) < 4.78 is 0. The number of carbonyl (C=O) groups excluding carboxylic acids is 2. The Hall–Kier alpha value is -2.39. The molecule has 2 amide bonds. The molecule has 5 aliphatic rings. The molecule has 31 heavy (non-hydrogen) atoms. The molecule has 1 aliphatic heterocycles. The third-order valence-electron chi connectivity index (χ3n) is 8.11. The Morgan fingerprint density at radius 3 is 2.58 bits per heavy atom. The fraction of sp³-hybridized carbons (Fsp3) is 0.640.